The zero-order valence-electron chi connectivity index (χ0n) is 9.19. The third kappa shape index (κ3) is 2.74. The van der Waals surface area contributed by atoms with Crippen molar-refractivity contribution in [3.8, 4) is 0 Å². The maximum absolute atomic E-state index is 11.7. The first-order valence-electron chi connectivity index (χ1n) is 4.50. The topological polar surface area (TPSA) is 54.5 Å². The van der Waals surface area contributed by atoms with E-state index in [1.807, 2.05) is 0 Å². The number of hydrogen-bond acceptors (Lipinski definition) is 3. The van der Waals surface area contributed by atoms with Crippen molar-refractivity contribution >= 4 is 25.6 Å². The molecule has 0 saturated heterocycles. The van der Waals surface area contributed by atoms with E-state index in [2.05, 4.69) is 0 Å². The highest BCUT2D eigenvalue weighted by atomic mass is 35.7. The molecular formula is C10H12ClNO3S. The van der Waals surface area contributed by atoms with Gasteiger partial charge in [-0.05, 0) is 30.7 Å². The van der Waals surface area contributed by atoms with E-state index < -0.39 is 9.05 Å². The summed E-state index contributed by atoms with van der Waals surface area (Å²) in [5, 5.41) is 0. The molecule has 0 atom stereocenters. The van der Waals surface area contributed by atoms with E-state index in [9.17, 15) is 13.2 Å². The summed E-state index contributed by atoms with van der Waals surface area (Å²) >= 11 is 0. The average molecular weight is 262 g/mol. The lowest BCUT2D eigenvalue weighted by Crippen LogP contribution is -2.22. The van der Waals surface area contributed by atoms with E-state index in [0.29, 0.717) is 11.1 Å². The van der Waals surface area contributed by atoms with Gasteiger partial charge in [-0.25, -0.2) is 8.42 Å². The smallest absolute Gasteiger partial charge is 0.261 e. The average Bonchev–Trinajstić information content (AvgIpc) is 2.15. The van der Waals surface area contributed by atoms with Gasteiger partial charge in [0.15, 0.2) is 0 Å². The molecule has 0 radical (unpaired) electrons. The first-order valence-corrected chi connectivity index (χ1v) is 6.81. The molecule has 1 rings (SSSR count). The Morgan fingerprint density at radius 1 is 1.31 bits per heavy atom. The van der Waals surface area contributed by atoms with Crippen LogP contribution < -0.4 is 0 Å². The van der Waals surface area contributed by atoms with Crippen molar-refractivity contribution in [2.24, 2.45) is 0 Å². The van der Waals surface area contributed by atoms with Crippen LogP contribution in [0, 0.1) is 6.92 Å². The second-order valence-corrected chi connectivity index (χ2v) is 6.18. The maximum Gasteiger partial charge on any atom is 0.261 e. The Bertz CT molecular complexity index is 523. The molecule has 88 valence electrons. The van der Waals surface area contributed by atoms with Crippen LogP contribution in [0.2, 0.25) is 0 Å². The molecule has 0 N–H and O–H groups in total. The second kappa shape index (κ2) is 4.43. The Hall–Kier alpha value is -1.07. The zero-order valence-corrected chi connectivity index (χ0v) is 10.8. The highest BCUT2D eigenvalue weighted by molar-refractivity contribution is 8.13. The Morgan fingerprint density at radius 2 is 1.88 bits per heavy atom. The normalized spacial score (nSPS) is 11.2. The number of rotatable bonds is 2. The van der Waals surface area contributed by atoms with Gasteiger partial charge in [-0.1, -0.05) is 0 Å². The Morgan fingerprint density at radius 3 is 2.25 bits per heavy atom. The lowest BCUT2D eigenvalue weighted by molar-refractivity contribution is 0.0827. The van der Waals surface area contributed by atoms with E-state index in [4.69, 9.17) is 10.7 Å². The number of aryl methyl sites for hydroxylation is 1. The highest BCUT2D eigenvalue weighted by Gasteiger charge is 2.15. The summed E-state index contributed by atoms with van der Waals surface area (Å²) in [4.78, 5) is 13.1. The molecule has 1 aromatic carbocycles. The molecule has 0 spiro atoms. The van der Waals surface area contributed by atoms with Gasteiger partial charge in [-0.3, -0.25) is 4.79 Å². The fourth-order valence-corrected chi connectivity index (χ4v) is 2.10. The minimum Gasteiger partial charge on any atom is -0.345 e. The molecule has 0 heterocycles. The minimum absolute atomic E-state index is 0.00183. The van der Waals surface area contributed by atoms with Crippen LogP contribution in [0.5, 0.6) is 0 Å². The largest absolute Gasteiger partial charge is 0.345 e. The lowest BCUT2D eigenvalue weighted by Gasteiger charge is -2.12. The fraction of sp³-hybridized carbons (Fsp3) is 0.300. The standard InChI is InChI=1S/C10H12ClNO3S/c1-7-6-8(16(11,14)15)4-5-9(7)10(13)12(2)3/h4-6H,1-3H3. The van der Waals surface area contributed by atoms with E-state index >= 15 is 0 Å². The highest BCUT2D eigenvalue weighted by Crippen LogP contribution is 2.19. The monoisotopic (exact) mass is 261 g/mol. The molecule has 0 aliphatic rings. The quantitative estimate of drug-likeness (QED) is 0.761. The SMILES string of the molecule is Cc1cc(S(=O)(=O)Cl)ccc1C(=O)N(C)C. The van der Waals surface area contributed by atoms with Gasteiger partial charge in [0, 0.05) is 30.3 Å². The molecule has 0 bridgehead atoms. The van der Waals surface area contributed by atoms with Crippen molar-refractivity contribution in [3.63, 3.8) is 0 Å². The Labute approximate surface area is 99.2 Å². The number of benzene rings is 1. The first-order chi connectivity index (χ1) is 7.23. The molecule has 0 aliphatic carbocycles. The summed E-state index contributed by atoms with van der Waals surface area (Å²) in [6, 6.07) is 4.18. The molecule has 0 aliphatic heterocycles. The predicted octanol–water partition coefficient (Wildman–Crippen LogP) is 1.62. The summed E-state index contributed by atoms with van der Waals surface area (Å²) in [7, 11) is 4.73. The molecule has 0 saturated carbocycles. The number of carbonyl (C=O) groups is 1. The van der Waals surface area contributed by atoms with E-state index in [-0.39, 0.29) is 10.8 Å². The van der Waals surface area contributed by atoms with Crippen molar-refractivity contribution in [2.45, 2.75) is 11.8 Å². The van der Waals surface area contributed by atoms with Crippen LogP contribution in [-0.2, 0) is 9.05 Å². The van der Waals surface area contributed by atoms with Crippen LogP contribution in [0.15, 0.2) is 23.1 Å². The summed E-state index contributed by atoms with van der Waals surface area (Å²) in [6.45, 7) is 1.67. The molecule has 0 unspecified atom stereocenters. The number of hydrogen-bond donors (Lipinski definition) is 0. The van der Waals surface area contributed by atoms with Gasteiger partial charge >= 0.3 is 0 Å². The third-order valence-electron chi connectivity index (χ3n) is 2.12. The lowest BCUT2D eigenvalue weighted by atomic mass is 10.1. The van der Waals surface area contributed by atoms with Gasteiger partial charge < -0.3 is 4.90 Å². The van der Waals surface area contributed by atoms with Crippen molar-refractivity contribution in [2.75, 3.05) is 14.1 Å². The minimum atomic E-state index is -3.74. The van der Waals surface area contributed by atoms with Gasteiger partial charge in [0.2, 0.25) is 0 Å². The van der Waals surface area contributed by atoms with Crippen molar-refractivity contribution in [3.05, 3.63) is 29.3 Å². The summed E-state index contributed by atoms with van der Waals surface area (Å²) < 4.78 is 22.1. The van der Waals surface area contributed by atoms with Crippen LogP contribution in [0.4, 0.5) is 0 Å². The summed E-state index contributed by atoms with van der Waals surface area (Å²) in [6.07, 6.45) is 0. The van der Waals surface area contributed by atoms with E-state index in [1.165, 1.54) is 23.1 Å². The number of carbonyl (C=O) groups excluding carboxylic acids is 1. The van der Waals surface area contributed by atoms with Crippen molar-refractivity contribution < 1.29 is 13.2 Å². The number of nitrogens with zero attached hydrogens (tertiary/aromatic N) is 1. The van der Waals surface area contributed by atoms with Gasteiger partial charge in [0.05, 0.1) is 4.90 Å². The molecule has 0 fully saturated rings. The van der Waals surface area contributed by atoms with Gasteiger partial charge in [-0.2, -0.15) is 0 Å². The first kappa shape index (κ1) is 13.0. The van der Waals surface area contributed by atoms with Crippen LogP contribution in [0.1, 0.15) is 15.9 Å². The molecule has 1 amide bonds. The fourth-order valence-electron chi connectivity index (χ4n) is 1.27. The van der Waals surface area contributed by atoms with E-state index in [0.717, 1.165) is 0 Å². The number of halogens is 1. The zero-order chi connectivity index (χ0) is 12.5. The van der Waals surface area contributed by atoms with Crippen molar-refractivity contribution in [1.82, 2.24) is 4.90 Å². The van der Waals surface area contributed by atoms with Crippen LogP contribution in [0.3, 0.4) is 0 Å². The van der Waals surface area contributed by atoms with Crippen LogP contribution >= 0.6 is 10.7 Å². The molecule has 16 heavy (non-hydrogen) atoms. The summed E-state index contributed by atoms with van der Waals surface area (Å²) in [5.74, 6) is -0.170. The third-order valence-corrected chi connectivity index (χ3v) is 3.47. The van der Waals surface area contributed by atoms with Gasteiger partial charge in [0.1, 0.15) is 0 Å². The number of amides is 1. The van der Waals surface area contributed by atoms with E-state index in [1.54, 1.807) is 21.0 Å². The Kier molecular flexibility index (Phi) is 3.60. The second-order valence-electron chi connectivity index (χ2n) is 3.61. The van der Waals surface area contributed by atoms with Crippen LogP contribution in [0.25, 0.3) is 0 Å². The molecule has 1 aromatic rings. The molecule has 6 heteroatoms. The van der Waals surface area contributed by atoms with Gasteiger partial charge in [0.25, 0.3) is 15.0 Å². The molecule has 4 nitrogen and oxygen atoms in total. The predicted molar refractivity (Wildman–Crippen MR) is 62.2 cm³/mol. The maximum atomic E-state index is 11.7. The van der Waals surface area contributed by atoms with Crippen molar-refractivity contribution in [1.29, 1.82) is 0 Å². The summed E-state index contributed by atoms with van der Waals surface area (Å²) in [5.41, 5.74) is 1.05. The molecule has 0 aromatic heterocycles. The Balaban J connectivity index is 3.26. The van der Waals surface area contributed by atoms with Gasteiger partial charge in [-0.15, -0.1) is 0 Å². The molecular weight excluding hydrogens is 250 g/mol. The van der Waals surface area contributed by atoms with Crippen LogP contribution in [-0.4, -0.2) is 33.3 Å².